The van der Waals surface area contributed by atoms with Crippen molar-refractivity contribution in [2.75, 3.05) is 6.61 Å². The lowest BCUT2D eigenvalue weighted by atomic mass is 9.45. The molecule has 0 heterocycles. The van der Waals surface area contributed by atoms with Crippen LogP contribution < -0.4 is 0 Å². The van der Waals surface area contributed by atoms with E-state index in [-0.39, 0.29) is 6.61 Å². The first-order valence-corrected chi connectivity index (χ1v) is 10.2. The number of aliphatic hydroxyl groups is 1. The van der Waals surface area contributed by atoms with E-state index in [0.717, 1.165) is 34.5 Å². The minimum Gasteiger partial charge on any atom is -0.397 e. The molecule has 0 bridgehead atoms. The van der Waals surface area contributed by atoms with Crippen molar-refractivity contribution in [2.24, 2.45) is 34.5 Å². The highest BCUT2D eigenvalue weighted by molar-refractivity contribution is 5.06. The fourth-order valence-electron chi connectivity index (χ4n) is 7.29. The van der Waals surface area contributed by atoms with Gasteiger partial charge in [-0.15, -0.1) is 0 Å². The van der Waals surface area contributed by atoms with Crippen LogP contribution in [0.3, 0.4) is 0 Å². The normalized spacial score (nSPS) is 50.2. The summed E-state index contributed by atoms with van der Waals surface area (Å²) in [5.41, 5.74) is 1.49. The Hall–Kier alpha value is -0.0400. The van der Waals surface area contributed by atoms with Crippen LogP contribution in [0.15, 0.2) is 0 Å². The first-order chi connectivity index (χ1) is 10.5. The fraction of sp³-hybridized carbons (Fsp3) is 1.00. The first-order valence-electron chi connectivity index (χ1n) is 10.2. The van der Waals surface area contributed by atoms with E-state index in [0.29, 0.717) is 0 Å². The van der Waals surface area contributed by atoms with Crippen molar-refractivity contribution in [3.63, 3.8) is 0 Å². The second kappa shape index (κ2) is 6.46. The van der Waals surface area contributed by atoms with Crippen LogP contribution in [-0.2, 0) is 0 Å². The quantitative estimate of drug-likeness (QED) is 0.599. The zero-order valence-corrected chi connectivity index (χ0v) is 15.2. The van der Waals surface area contributed by atoms with E-state index in [1.54, 1.807) is 58.3 Å². The average molecular weight is 307 g/mol. The maximum absolute atomic E-state index is 7.57. The molecule has 4 aliphatic rings. The summed E-state index contributed by atoms with van der Waals surface area (Å²) in [7, 11) is 0. The van der Waals surface area contributed by atoms with Crippen LogP contribution in [0.1, 0.15) is 91.4 Å². The molecule has 0 radical (unpaired) electrons. The maximum atomic E-state index is 7.57. The Morgan fingerprint density at radius 3 is 2.36 bits per heavy atom. The predicted octanol–water partition coefficient (Wildman–Crippen LogP) is 5.81. The first kappa shape index (κ1) is 16.8. The van der Waals surface area contributed by atoms with Gasteiger partial charge in [0.05, 0.1) is 0 Å². The summed E-state index contributed by atoms with van der Waals surface area (Å²) in [6.45, 7) is 7.27. The van der Waals surface area contributed by atoms with E-state index in [2.05, 4.69) is 13.8 Å². The average Bonchev–Trinajstić information content (AvgIpc) is 2.89. The minimum atomic E-state index is 0.250. The van der Waals surface area contributed by atoms with Crippen LogP contribution in [0.4, 0.5) is 0 Å². The lowest BCUT2D eigenvalue weighted by Gasteiger charge is -2.60. The van der Waals surface area contributed by atoms with Crippen molar-refractivity contribution in [2.45, 2.75) is 91.4 Å². The summed E-state index contributed by atoms with van der Waals surface area (Å²) in [5.74, 6) is 4.41. The zero-order chi connectivity index (χ0) is 15.8. The molecular formula is C21H38O. The third kappa shape index (κ3) is 2.66. The molecule has 4 aliphatic carbocycles. The summed E-state index contributed by atoms with van der Waals surface area (Å²) in [4.78, 5) is 0. The smallest absolute Gasteiger partial charge is 0.0402 e. The Morgan fingerprint density at radius 1 is 0.818 bits per heavy atom. The van der Waals surface area contributed by atoms with Crippen LogP contribution >= 0.6 is 0 Å². The van der Waals surface area contributed by atoms with E-state index in [4.69, 9.17) is 5.11 Å². The van der Waals surface area contributed by atoms with E-state index < -0.39 is 0 Å². The van der Waals surface area contributed by atoms with Crippen molar-refractivity contribution < 1.29 is 5.11 Å². The molecule has 128 valence electrons. The summed E-state index contributed by atoms with van der Waals surface area (Å²) >= 11 is 0. The van der Waals surface area contributed by atoms with Crippen molar-refractivity contribution in [3.05, 3.63) is 0 Å². The molecular weight excluding hydrogens is 268 g/mol. The summed E-state index contributed by atoms with van der Waals surface area (Å²) in [5, 5.41) is 7.57. The molecule has 0 aromatic heterocycles. The number of hydrogen-bond acceptors (Lipinski definition) is 1. The number of fused-ring (bicyclic) bond motifs is 5. The lowest BCUT2D eigenvalue weighted by molar-refractivity contribution is -0.103. The SMILES string of the molecule is CCO.C[C@@]12CCC[C@H]1C1CC[C@H]3CCCC[C@]3(C)[C@H]1CC2. The van der Waals surface area contributed by atoms with Gasteiger partial charge in [-0.1, -0.05) is 33.1 Å². The van der Waals surface area contributed by atoms with Gasteiger partial charge in [0.25, 0.3) is 0 Å². The molecule has 22 heavy (non-hydrogen) atoms. The topological polar surface area (TPSA) is 20.2 Å². The van der Waals surface area contributed by atoms with Gasteiger partial charge in [0, 0.05) is 6.61 Å². The van der Waals surface area contributed by atoms with Gasteiger partial charge in [-0.25, -0.2) is 0 Å². The third-order valence-corrected chi connectivity index (χ3v) is 8.36. The summed E-state index contributed by atoms with van der Waals surface area (Å²) < 4.78 is 0. The van der Waals surface area contributed by atoms with Gasteiger partial charge < -0.3 is 5.11 Å². The molecule has 1 nitrogen and oxygen atoms in total. The second-order valence-electron chi connectivity index (χ2n) is 9.30. The molecule has 0 saturated heterocycles. The minimum absolute atomic E-state index is 0.250. The highest BCUT2D eigenvalue weighted by atomic mass is 16.2. The Kier molecular flexibility index (Phi) is 4.93. The predicted molar refractivity (Wildman–Crippen MR) is 93.7 cm³/mol. The van der Waals surface area contributed by atoms with Gasteiger partial charge in [0.2, 0.25) is 0 Å². The Balaban J connectivity index is 0.000000446. The van der Waals surface area contributed by atoms with Gasteiger partial charge in [-0.3, -0.25) is 0 Å². The highest BCUT2D eigenvalue weighted by Crippen LogP contribution is 2.66. The van der Waals surface area contributed by atoms with Crippen molar-refractivity contribution in [3.8, 4) is 0 Å². The largest absolute Gasteiger partial charge is 0.397 e. The lowest BCUT2D eigenvalue weighted by Crippen LogP contribution is -2.51. The van der Waals surface area contributed by atoms with Crippen molar-refractivity contribution >= 4 is 0 Å². The maximum Gasteiger partial charge on any atom is 0.0402 e. The molecule has 0 aromatic rings. The van der Waals surface area contributed by atoms with Crippen molar-refractivity contribution in [1.82, 2.24) is 0 Å². The molecule has 0 spiro atoms. The van der Waals surface area contributed by atoms with Crippen LogP contribution in [0, 0.1) is 34.5 Å². The molecule has 1 N–H and O–H groups in total. The standard InChI is InChI=1S/C19H32.C2H6O/c1-18-11-5-7-16(18)15-9-8-14-6-3-4-12-19(14,2)17(15)10-13-18;1-2-3/h14-17H,3-13H2,1-2H3;3H,2H2,1H3/t14-,15?,16+,17+,18+,19+;/m1./s1. The zero-order valence-electron chi connectivity index (χ0n) is 15.2. The molecule has 1 heteroatoms. The summed E-state index contributed by atoms with van der Waals surface area (Å²) in [6, 6.07) is 0. The molecule has 4 fully saturated rings. The van der Waals surface area contributed by atoms with Crippen LogP contribution in [-0.4, -0.2) is 11.7 Å². The van der Waals surface area contributed by atoms with E-state index in [1.165, 1.54) is 19.3 Å². The molecule has 1 unspecified atom stereocenters. The molecule has 6 atom stereocenters. The summed E-state index contributed by atoms with van der Waals surface area (Å²) in [6.07, 6.45) is 17.1. The molecule has 4 rings (SSSR count). The van der Waals surface area contributed by atoms with E-state index >= 15 is 0 Å². The highest BCUT2D eigenvalue weighted by Gasteiger charge is 2.56. The van der Waals surface area contributed by atoms with Gasteiger partial charge in [0.15, 0.2) is 0 Å². The second-order valence-corrected chi connectivity index (χ2v) is 9.30. The molecule has 0 aliphatic heterocycles. The monoisotopic (exact) mass is 306 g/mol. The number of aliphatic hydroxyl groups excluding tert-OH is 1. The molecule has 4 saturated carbocycles. The van der Waals surface area contributed by atoms with Crippen LogP contribution in [0.25, 0.3) is 0 Å². The number of rotatable bonds is 0. The number of hydrogen-bond donors (Lipinski definition) is 1. The Labute approximate surface area is 138 Å². The third-order valence-electron chi connectivity index (χ3n) is 8.36. The van der Waals surface area contributed by atoms with Gasteiger partial charge in [-0.2, -0.15) is 0 Å². The molecule has 0 aromatic carbocycles. The fourth-order valence-corrected chi connectivity index (χ4v) is 7.29. The van der Waals surface area contributed by atoms with Crippen molar-refractivity contribution in [1.29, 1.82) is 0 Å². The van der Waals surface area contributed by atoms with Gasteiger partial charge in [0.1, 0.15) is 0 Å². The van der Waals surface area contributed by atoms with Crippen LogP contribution in [0.5, 0.6) is 0 Å². The Morgan fingerprint density at radius 2 is 1.59 bits per heavy atom. The van der Waals surface area contributed by atoms with E-state index in [9.17, 15) is 0 Å². The Bertz CT molecular complexity index is 378. The van der Waals surface area contributed by atoms with E-state index in [1.807, 2.05) is 0 Å². The van der Waals surface area contributed by atoms with Gasteiger partial charge >= 0.3 is 0 Å². The molecule has 0 amide bonds. The van der Waals surface area contributed by atoms with Gasteiger partial charge in [-0.05, 0) is 92.8 Å². The van der Waals surface area contributed by atoms with Crippen LogP contribution in [0.2, 0.25) is 0 Å².